The summed E-state index contributed by atoms with van der Waals surface area (Å²) in [5.41, 5.74) is 0.680. The van der Waals surface area contributed by atoms with Gasteiger partial charge in [-0.05, 0) is 24.3 Å². The van der Waals surface area contributed by atoms with E-state index in [0.29, 0.717) is 11.5 Å². The highest BCUT2D eigenvalue weighted by molar-refractivity contribution is 5.73. The molecule has 0 N–H and O–H groups in total. The van der Waals surface area contributed by atoms with Crippen LogP contribution in [0.25, 0.3) is 0 Å². The monoisotopic (exact) mass is 137 g/mol. The van der Waals surface area contributed by atoms with E-state index in [1.54, 1.807) is 0 Å². The van der Waals surface area contributed by atoms with Crippen LogP contribution in [-0.2, 0) is 4.79 Å². The van der Waals surface area contributed by atoms with Gasteiger partial charge in [-0.2, -0.15) is 0 Å². The van der Waals surface area contributed by atoms with E-state index in [9.17, 15) is 4.79 Å². The van der Waals surface area contributed by atoms with Crippen LogP contribution in [-0.4, -0.2) is 6.29 Å². The average Bonchev–Trinajstić information content (AvgIpc) is 2.05. The molecule has 0 heterocycles. The third-order valence-corrected chi connectivity index (χ3v) is 2.23. The van der Waals surface area contributed by atoms with E-state index in [4.69, 9.17) is 0 Å². The molecule has 0 saturated heterocycles. The maximum absolute atomic E-state index is 10.2. The first-order valence-corrected chi connectivity index (χ1v) is 3.91. The van der Waals surface area contributed by atoms with Gasteiger partial charge in [0.25, 0.3) is 0 Å². The SMILES string of the molecule is C=C([C]=O)C1CCCCC1. The van der Waals surface area contributed by atoms with Crippen molar-refractivity contribution in [3.8, 4) is 0 Å². The van der Waals surface area contributed by atoms with Gasteiger partial charge in [0.2, 0.25) is 6.29 Å². The number of hydrogen-bond donors (Lipinski definition) is 0. The van der Waals surface area contributed by atoms with E-state index in [1.807, 2.05) is 6.29 Å². The molecule has 1 saturated carbocycles. The minimum atomic E-state index is 0.450. The van der Waals surface area contributed by atoms with Gasteiger partial charge < -0.3 is 0 Å². The lowest BCUT2D eigenvalue weighted by Gasteiger charge is -2.19. The molecule has 1 radical (unpaired) electrons. The third kappa shape index (κ3) is 1.69. The Morgan fingerprint density at radius 3 is 2.40 bits per heavy atom. The van der Waals surface area contributed by atoms with Crippen molar-refractivity contribution in [2.75, 3.05) is 0 Å². The Morgan fingerprint density at radius 1 is 1.30 bits per heavy atom. The summed E-state index contributed by atoms with van der Waals surface area (Å²) in [5, 5.41) is 0. The molecule has 1 aliphatic rings. The summed E-state index contributed by atoms with van der Waals surface area (Å²) in [6.45, 7) is 3.67. The quantitative estimate of drug-likeness (QED) is 0.533. The largest absolute Gasteiger partial charge is 0.285 e. The van der Waals surface area contributed by atoms with E-state index in [2.05, 4.69) is 6.58 Å². The molecule has 1 rings (SSSR count). The summed E-state index contributed by atoms with van der Waals surface area (Å²) in [6, 6.07) is 0. The van der Waals surface area contributed by atoms with Crippen molar-refractivity contribution in [1.29, 1.82) is 0 Å². The summed E-state index contributed by atoms with van der Waals surface area (Å²) >= 11 is 0. The van der Waals surface area contributed by atoms with Gasteiger partial charge in [-0.3, -0.25) is 4.79 Å². The first-order chi connectivity index (χ1) is 4.84. The zero-order valence-electron chi connectivity index (χ0n) is 6.23. The number of allylic oxidation sites excluding steroid dienone is 1. The summed E-state index contributed by atoms with van der Waals surface area (Å²) in [4.78, 5) is 10.2. The second-order valence-corrected chi connectivity index (χ2v) is 2.96. The molecule has 55 valence electrons. The van der Waals surface area contributed by atoms with Crippen molar-refractivity contribution in [3.05, 3.63) is 12.2 Å². The van der Waals surface area contributed by atoms with Crippen molar-refractivity contribution in [3.63, 3.8) is 0 Å². The zero-order valence-corrected chi connectivity index (χ0v) is 6.23. The maximum Gasteiger partial charge on any atom is 0.228 e. The van der Waals surface area contributed by atoms with Gasteiger partial charge in [-0.25, -0.2) is 0 Å². The summed E-state index contributed by atoms with van der Waals surface area (Å²) in [6.07, 6.45) is 8.02. The van der Waals surface area contributed by atoms with Crippen molar-refractivity contribution < 1.29 is 4.79 Å². The lowest BCUT2D eigenvalue weighted by atomic mass is 9.85. The van der Waals surface area contributed by atoms with Gasteiger partial charge in [0.15, 0.2) is 0 Å². The predicted octanol–water partition coefficient (Wildman–Crippen LogP) is 2.23. The Kier molecular flexibility index (Phi) is 2.67. The maximum atomic E-state index is 10.2. The smallest absolute Gasteiger partial charge is 0.228 e. The number of carbonyl (C=O) groups excluding carboxylic acids is 1. The van der Waals surface area contributed by atoms with Gasteiger partial charge in [0, 0.05) is 0 Å². The van der Waals surface area contributed by atoms with E-state index in [-0.39, 0.29) is 0 Å². The molecule has 0 amide bonds. The summed E-state index contributed by atoms with van der Waals surface area (Å²) in [7, 11) is 0. The third-order valence-electron chi connectivity index (χ3n) is 2.23. The van der Waals surface area contributed by atoms with Gasteiger partial charge >= 0.3 is 0 Å². The molecule has 0 bridgehead atoms. The predicted molar refractivity (Wildman–Crippen MR) is 41.4 cm³/mol. The van der Waals surface area contributed by atoms with Crippen LogP contribution in [0.2, 0.25) is 0 Å². The Morgan fingerprint density at radius 2 is 1.90 bits per heavy atom. The van der Waals surface area contributed by atoms with Crippen molar-refractivity contribution in [2.45, 2.75) is 32.1 Å². The highest BCUT2D eigenvalue weighted by Crippen LogP contribution is 2.27. The Hall–Kier alpha value is -0.590. The fourth-order valence-electron chi connectivity index (χ4n) is 1.53. The lowest BCUT2D eigenvalue weighted by molar-refractivity contribution is 0.408. The normalized spacial score (nSPS) is 20.4. The minimum Gasteiger partial charge on any atom is -0.285 e. The standard InChI is InChI=1S/C9H13O/c1-8(7-10)9-5-3-2-4-6-9/h9H,1-6H2. The fraction of sp³-hybridized carbons (Fsp3) is 0.667. The fourth-order valence-corrected chi connectivity index (χ4v) is 1.53. The minimum absolute atomic E-state index is 0.450. The highest BCUT2D eigenvalue weighted by Gasteiger charge is 2.15. The van der Waals surface area contributed by atoms with Crippen molar-refractivity contribution in [2.24, 2.45) is 5.92 Å². The topological polar surface area (TPSA) is 17.1 Å². The molecule has 0 aromatic rings. The molecular weight excluding hydrogens is 124 g/mol. The van der Waals surface area contributed by atoms with Crippen LogP contribution in [0, 0.1) is 5.92 Å². The molecule has 0 unspecified atom stereocenters. The Bertz CT molecular complexity index is 132. The molecule has 0 aromatic heterocycles. The molecule has 10 heavy (non-hydrogen) atoms. The molecule has 1 aliphatic carbocycles. The van der Waals surface area contributed by atoms with Crippen LogP contribution in [0.3, 0.4) is 0 Å². The molecule has 0 aliphatic heterocycles. The van der Waals surface area contributed by atoms with E-state index in [0.717, 1.165) is 12.8 Å². The highest BCUT2D eigenvalue weighted by atomic mass is 16.1. The molecule has 1 heteroatoms. The van der Waals surface area contributed by atoms with Crippen LogP contribution >= 0.6 is 0 Å². The summed E-state index contributed by atoms with van der Waals surface area (Å²) < 4.78 is 0. The lowest BCUT2D eigenvalue weighted by Crippen LogP contribution is -2.08. The number of hydrogen-bond acceptors (Lipinski definition) is 1. The van der Waals surface area contributed by atoms with Gasteiger partial charge in [0.1, 0.15) is 0 Å². The van der Waals surface area contributed by atoms with Gasteiger partial charge in [0.05, 0.1) is 0 Å². The molecular formula is C9H13O. The first kappa shape index (κ1) is 7.52. The molecule has 1 fully saturated rings. The van der Waals surface area contributed by atoms with Gasteiger partial charge in [-0.15, -0.1) is 0 Å². The van der Waals surface area contributed by atoms with E-state index >= 15 is 0 Å². The van der Waals surface area contributed by atoms with Crippen LogP contribution < -0.4 is 0 Å². The van der Waals surface area contributed by atoms with Crippen molar-refractivity contribution in [1.82, 2.24) is 0 Å². The van der Waals surface area contributed by atoms with E-state index < -0.39 is 0 Å². The van der Waals surface area contributed by atoms with Crippen LogP contribution in [0.4, 0.5) is 0 Å². The van der Waals surface area contributed by atoms with Crippen LogP contribution in [0.5, 0.6) is 0 Å². The second-order valence-electron chi connectivity index (χ2n) is 2.96. The second kappa shape index (κ2) is 3.55. The first-order valence-electron chi connectivity index (χ1n) is 3.91. The average molecular weight is 137 g/mol. The van der Waals surface area contributed by atoms with Gasteiger partial charge in [-0.1, -0.05) is 25.8 Å². The van der Waals surface area contributed by atoms with Crippen molar-refractivity contribution >= 4 is 6.29 Å². The van der Waals surface area contributed by atoms with Crippen LogP contribution in [0.1, 0.15) is 32.1 Å². The zero-order chi connectivity index (χ0) is 7.40. The molecule has 0 atom stereocenters. The number of rotatable bonds is 2. The molecule has 0 aromatic carbocycles. The van der Waals surface area contributed by atoms with E-state index in [1.165, 1.54) is 19.3 Å². The summed E-state index contributed by atoms with van der Waals surface area (Å²) in [5.74, 6) is 0.450. The van der Waals surface area contributed by atoms with Crippen LogP contribution in [0.15, 0.2) is 12.2 Å². The Balaban J connectivity index is 2.38. The molecule has 1 nitrogen and oxygen atoms in total. The molecule has 0 spiro atoms. The Labute approximate surface area is 62.1 Å².